The number of carbonyl (C=O) groups is 1. The molecule has 0 saturated heterocycles. The highest BCUT2D eigenvalue weighted by molar-refractivity contribution is 7.85. The molecule has 0 amide bonds. The van der Waals surface area contributed by atoms with E-state index in [0.29, 0.717) is 12.5 Å². The third-order valence-electron chi connectivity index (χ3n) is 1.85. The molecular weight excluding hydrogens is 287 g/mol. The Hall–Kier alpha value is -1.90. The van der Waals surface area contributed by atoms with E-state index in [1.807, 2.05) is 0 Å². The zero-order valence-electron chi connectivity index (χ0n) is 9.51. The van der Waals surface area contributed by atoms with Crippen molar-refractivity contribution in [2.24, 2.45) is 5.16 Å². The quantitative estimate of drug-likeness (QED) is 0.482. The van der Waals surface area contributed by atoms with Crippen LogP contribution in [-0.2, 0) is 14.4 Å². The van der Waals surface area contributed by atoms with Crippen molar-refractivity contribution in [3.8, 4) is 0 Å². The van der Waals surface area contributed by atoms with Crippen LogP contribution in [0.5, 0.6) is 0 Å². The van der Waals surface area contributed by atoms with Crippen molar-refractivity contribution in [2.45, 2.75) is 6.18 Å². The van der Waals surface area contributed by atoms with Gasteiger partial charge in [-0.3, -0.25) is 9.08 Å². The minimum Gasteiger partial charge on any atom is -0.298 e. The number of oxime groups is 1. The molecule has 1 rings (SSSR count). The molecule has 0 heterocycles. The molecule has 0 bridgehead atoms. The average molecular weight is 295 g/mol. The van der Waals surface area contributed by atoms with E-state index in [-0.39, 0.29) is 5.56 Å². The third-order valence-corrected chi connectivity index (χ3v) is 2.20. The molecule has 0 unspecified atom stereocenters. The summed E-state index contributed by atoms with van der Waals surface area (Å²) < 4.78 is 63.2. The van der Waals surface area contributed by atoms with E-state index in [9.17, 15) is 26.4 Å². The molecule has 9 heteroatoms. The van der Waals surface area contributed by atoms with Crippen LogP contribution in [0, 0.1) is 0 Å². The monoisotopic (exact) mass is 295 g/mol. The van der Waals surface area contributed by atoms with Gasteiger partial charge in [0.05, 0.1) is 6.26 Å². The molecule has 0 N–H and O–H groups in total. The summed E-state index contributed by atoms with van der Waals surface area (Å²) >= 11 is 0. The van der Waals surface area contributed by atoms with Crippen molar-refractivity contribution in [3.05, 3.63) is 35.4 Å². The van der Waals surface area contributed by atoms with Crippen LogP contribution in [-0.4, -0.2) is 32.8 Å². The molecule has 0 fully saturated rings. The number of rotatable bonds is 4. The molecule has 0 aliphatic carbocycles. The molecule has 0 saturated carbocycles. The summed E-state index contributed by atoms with van der Waals surface area (Å²) in [6.07, 6.45) is -3.87. The van der Waals surface area contributed by atoms with Gasteiger partial charge in [0.25, 0.3) is 0 Å². The lowest BCUT2D eigenvalue weighted by Gasteiger charge is -2.09. The van der Waals surface area contributed by atoms with Gasteiger partial charge in [-0.1, -0.05) is 29.4 Å². The second-order valence-corrected chi connectivity index (χ2v) is 5.01. The molecule has 19 heavy (non-hydrogen) atoms. The minimum absolute atomic E-state index is 0.175. The van der Waals surface area contributed by atoms with Gasteiger partial charge in [-0.2, -0.15) is 21.6 Å². The predicted octanol–water partition coefficient (Wildman–Crippen LogP) is 1.74. The molecule has 1 aromatic rings. The van der Waals surface area contributed by atoms with Gasteiger partial charge in [-0.05, 0) is 0 Å². The standard InChI is InChI=1S/C10H8F3NO4S/c1-19(16,17)18-14-9(10(11,12)13)8-4-2-7(6-15)3-5-8/h2-6H,1H3. The Labute approximate surface area is 106 Å². The van der Waals surface area contributed by atoms with Crippen molar-refractivity contribution >= 4 is 22.1 Å². The SMILES string of the molecule is CS(=O)(=O)ON=C(c1ccc(C=O)cc1)C(F)(F)F. The summed E-state index contributed by atoms with van der Waals surface area (Å²) in [6, 6.07) is 4.26. The number of alkyl halides is 3. The highest BCUT2D eigenvalue weighted by Gasteiger charge is 2.38. The second-order valence-electron chi connectivity index (χ2n) is 3.46. The van der Waals surface area contributed by atoms with Crippen molar-refractivity contribution in [1.29, 1.82) is 0 Å². The van der Waals surface area contributed by atoms with Crippen molar-refractivity contribution in [1.82, 2.24) is 0 Å². The highest BCUT2D eigenvalue weighted by Crippen LogP contribution is 2.23. The summed E-state index contributed by atoms with van der Waals surface area (Å²) in [4.78, 5) is 10.4. The van der Waals surface area contributed by atoms with Crippen LogP contribution in [0.3, 0.4) is 0 Å². The molecule has 5 nitrogen and oxygen atoms in total. The zero-order chi connectivity index (χ0) is 14.7. The van der Waals surface area contributed by atoms with Gasteiger partial charge < -0.3 is 0 Å². The van der Waals surface area contributed by atoms with Crippen LogP contribution in [0.1, 0.15) is 15.9 Å². The Bertz CT molecular complexity index is 590. The van der Waals surface area contributed by atoms with E-state index in [1.54, 1.807) is 0 Å². The Kier molecular flexibility index (Phi) is 4.30. The normalized spacial score (nSPS) is 13.2. The van der Waals surface area contributed by atoms with E-state index in [4.69, 9.17) is 0 Å². The molecule has 104 valence electrons. The predicted molar refractivity (Wildman–Crippen MR) is 60.4 cm³/mol. The number of nitrogens with zero attached hydrogens (tertiary/aromatic N) is 1. The van der Waals surface area contributed by atoms with Gasteiger partial charge in [-0.25, -0.2) is 0 Å². The Balaban J connectivity index is 3.20. The first-order chi connectivity index (χ1) is 8.63. The molecule has 0 radical (unpaired) electrons. The van der Waals surface area contributed by atoms with Gasteiger partial charge in [0.2, 0.25) is 0 Å². The Morgan fingerprint density at radius 1 is 1.26 bits per heavy atom. The topological polar surface area (TPSA) is 72.8 Å². The second kappa shape index (κ2) is 5.39. The summed E-state index contributed by atoms with van der Waals surface area (Å²) in [7, 11) is -4.14. The van der Waals surface area contributed by atoms with Gasteiger partial charge in [0.15, 0.2) is 5.71 Å². The van der Waals surface area contributed by atoms with Gasteiger partial charge in [0.1, 0.15) is 6.29 Å². The van der Waals surface area contributed by atoms with Crippen LogP contribution < -0.4 is 0 Å². The summed E-state index contributed by atoms with van der Waals surface area (Å²) in [5.74, 6) is 0. The van der Waals surface area contributed by atoms with Crippen LogP contribution >= 0.6 is 0 Å². The van der Waals surface area contributed by atoms with E-state index in [1.165, 1.54) is 0 Å². The lowest BCUT2D eigenvalue weighted by atomic mass is 10.1. The molecule has 0 spiro atoms. The molecule has 0 aliphatic rings. The average Bonchev–Trinajstić information content (AvgIpc) is 2.26. The largest absolute Gasteiger partial charge is 0.437 e. The van der Waals surface area contributed by atoms with E-state index < -0.39 is 27.6 Å². The number of aldehydes is 1. The molecular formula is C10H8F3NO4S. The Morgan fingerprint density at radius 3 is 2.16 bits per heavy atom. The van der Waals surface area contributed by atoms with Gasteiger partial charge in [0, 0.05) is 11.1 Å². The number of hydrogen-bond donors (Lipinski definition) is 0. The van der Waals surface area contributed by atoms with Crippen LogP contribution in [0.2, 0.25) is 0 Å². The lowest BCUT2D eigenvalue weighted by Crippen LogP contribution is -2.24. The lowest BCUT2D eigenvalue weighted by molar-refractivity contribution is -0.0596. The van der Waals surface area contributed by atoms with E-state index in [0.717, 1.165) is 24.3 Å². The zero-order valence-corrected chi connectivity index (χ0v) is 10.3. The number of carbonyl (C=O) groups excluding carboxylic acids is 1. The third kappa shape index (κ3) is 4.70. The fraction of sp³-hybridized carbons (Fsp3) is 0.200. The fourth-order valence-corrected chi connectivity index (χ4v) is 1.30. The smallest absolute Gasteiger partial charge is 0.298 e. The van der Waals surface area contributed by atoms with E-state index >= 15 is 0 Å². The summed E-state index contributed by atoms with van der Waals surface area (Å²) in [5.41, 5.74) is -1.74. The maximum Gasteiger partial charge on any atom is 0.437 e. The fourth-order valence-electron chi connectivity index (χ4n) is 1.09. The van der Waals surface area contributed by atoms with Crippen molar-refractivity contribution in [3.63, 3.8) is 0 Å². The van der Waals surface area contributed by atoms with Crippen molar-refractivity contribution < 1.29 is 30.7 Å². The van der Waals surface area contributed by atoms with Crippen LogP contribution in [0.15, 0.2) is 29.4 Å². The number of benzene rings is 1. The summed E-state index contributed by atoms with van der Waals surface area (Å²) in [6.45, 7) is 0. The van der Waals surface area contributed by atoms with Gasteiger partial charge >= 0.3 is 16.3 Å². The molecule has 0 aromatic heterocycles. The molecule has 0 atom stereocenters. The minimum atomic E-state index is -4.90. The number of halogens is 3. The van der Waals surface area contributed by atoms with Crippen molar-refractivity contribution in [2.75, 3.05) is 6.26 Å². The van der Waals surface area contributed by atoms with Crippen LogP contribution in [0.25, 0.3) is 0 Å². The maximum absolute atomic E-state index is 12.7. The van der Waals surface area contributed by atoms with Crippen LogP contribution in [0.4, 0.5) is 13.2 Å². The molecule has 1 aromatic carbocycles. The first-order valence-corrected chi connectivity index (χ1v) is 6.54. The van der Waals surface area contributed by atoms with Gasteiger partial charge in [-0.15, -0.1) is 0 Å². The maximum atomic E-state index is 12.7. The number of hydrogen-bond acceptors (Lipinski definition) is 5. The Morgan fingerprint density at radius 2 is 1.79 bits per heavy atom. The first-order valence-electron chi connectivity index (χ1n) is 4.73. The first kappa shape index (κ1) is 15.2. The highest BCUT2D eigenvalue weighted by atomic mass is 32.2. The van der Waals surface area contributed by atoms with E-state index in [2.05, 4.69) is 9.44 Å². The molecule has 0 aliphatic heterocycles. The summed E-state index contributed by atoms with van der Waals surface area (Å²) in [5, 5.41) is 2.61.